The topological polar surface area (TPSA) is 95.9 Å². The van der Waals surface area contributed by atoms with E-state index in [1.54, 1.807) is 6.08 Å². The van der Waals surface area contributed by atoms with Gasteiger partial charge >= 0.3 is 5.97 Å². The number of aliphatic hydroxyl groups excluding tert-OH is 2. The molecule has 2 atom stereocenters. The number of esters is 1. The molecule has 0 radical (unpaired) electrons. The third-order valence-corrected chi connectivity index (χ3v) is 13.3. The van der Waals surface area contributed by atoms with Crippen molar-refractivity contribution in [2.45, 2.75) is 315 Å². The van der Waals surface area contributed by atoms with E-state index in [9.17, 15) is 19.8 Å². The molecule has 0 aromatic carbocycles. The van der Waals surface area contributed by atoms with Crippen LogP contribution in [0.5, 0.6) is 0 Å². The minimum Gasteiger partial charge on any atom is -0.466 e. The zero-order valence-corrected chi connectivity index (χ0v) is 44.6. The average molecular weight is 941 g/mol. The Kier molecular flexibility index (Phi) is 54.6. The molecule has 0 saturated heterocycles. The molecule has 6 heteroatoms. The van der Waals surface area contributed by atoms with E-state index >= 15 is 0 Å². The van der Waals surface area contributed by atoms with Crippen LogP contribution in [0.4, 0.5) is 0 Å². The maximum absolute atomic E-state index is 12.4. The molecule has 0 aliphatic heterocycles. The van der Waals surface area contributed by atoms with Crippen LogP contribution >= 0.6 is 0 Å². The number of hydrogen-bond donors (Lipinski definition) is 3. The summed E-state index contributed by atoms with van der Waals surface area (Å²) in [6.07, 6.45) is 71.4. The van der Waals surface area contributed by atoms with Gasteiger partial charge in [-0.15, -0.1) is 0 Å². The van der Waals surface area contributed by atoms with Gasteiger partial charge in [0.2, 0.25) is 5.91 Å². The van der Waals surface area contributed by atoms with Crippen molar-refractivity contribution in [2.24, 2.45) is 0 Å². The molecule has 0 aliphatic rings. The second-order valence-electron chi connectivity index (χ2n) is 20.0. The number of ether oxygens (including phenoxy) is 1. The van der Waals surface area contributed by atoms with E-state index in [2.05, 4.69) is 55.6 Å². The van der Waals surface area contributed by atoms with Crippen molar-refractivity contribution in [3.63, 3.8) is 0 Å². The quantitative estimate of drug-likeness (QED) is 0.0244. The van der Waals surface area contributed by atoms with Gasteiger partial charge in [-0.1, -0.05) is 249 Å². The van der Waals surface area contributed by atoms with E-state index in [1.165, 1.54) is 199 Å². The predicted molar refractivity (Wildman–Crippen MR) is 292 cm³/mol. The molecule has 392 valence electrons. The average Bonchev–Trinajstić information content (AvgIpc) is 3.33. The van der Waals surface area contributed by atoms with Crippen LogP contribution in [0.25, 0.3) is 0 Å². The Balaban J connectivity index is 3.48. The van der Waals surface area contributed by atoms with E-state index < -0.39 is 12.1 Å². The fourth-order valence-corrected chi connectivity index (χ4v) is 8.80. The fraction of sp³-hybridized carbons (Fsp3) is 0.836. The molecule has 0 saturated carbocycles. The molecule has 6 nitrogen and oxygen atoms in total. The fourth-order valence-electron chi connectivity index (χ4n) is 8.80. The zero-order valence-electron chi connectivity index (χ0n) is 44.6. The maximum atomic E-state index is 12.4. The summed E-state index contributed by atoms with van der Waals surface area (Å²) in [4.78, 5) is 24.5. The summed E-state index contributed by atoms with van der Waals surface area (Å²) in [5, 5.41) is 23.0. The molecule has 2 unspecified atom stereocenters. The molecule has 0 fully saturated rings. The molecule has 0 aromatic heterocycles. The van der Waals surface area contributed by atoms with E-state index in [0.29, 0.717) is 19.4 Å². The van der Waals surface area contributed by atoms with Crippen LogP contribution in [0, 0.1) is 0 Å². The molecule has 0 bridgehead atoms. The van der Waals surface area contributed by atoms with E-state index in [4.69, 9.17) is 4.74 Å². The number of carbonyl (C=O) groups excluding carboxylic acids is 2. The Morgan fingerprint density at radius 2 is 0.746 bits per heavy atom. The highest BCUT2D eigenvalue weighted by Gasteiger charge is 2.18. The number of carbonyl (C=O) groups is 2. The monoisotopic (exact) mass is 940 g/mol. The van der Waals surface area contributed by atoms with Crippen molar-refractivity contribution < 1.29 is 24.5 Å². The van der Waals surface area contributed by atoms with E-state index in [0.717, 1.165) is 77.0 Å². The summed E-state index contributed by atoms with van der Waals surface area (Å²) < 4.78 is 5.47. The SMILES string of the molecule is CCCCCCCC/C=C\CCCCCCCCCCCC(=O)OCCCCC/C=C\C=C/CCCCCCCCCCCCC(=O)NC(CO)C(O)/C=C/CCCCCCCCCCCC. The van der Waals surface area contributed by atoms with Crippen LogP contribution in [0.15, 0.2) is 48.6 Å². The van der Waals surface area contributed by atoms with Crippen molar-refractivity contribution in [1.82, 2.24) is 5.32 Å². The molecule has 0 spiro atoms. The van der Waals surface area contributed by atoms with Crippen LogP contribution in [-0.4, -0.2) is 47.4 Å². The Morgan fingerprint density at radius 1 is 0.418 bits per heavy atom. The largest absolute Gasteiger partial charge is 0.466 e. The van der Waals surface area contributed by atoms with Crippen molar-refractivity contribution >= 4 is 11.9 Å². The van der Waals surface area contributed by atoms with Gasteiger partial charge in [0.25, 0.3) is 0 Å². The molecule has 67 heavy (non-hydrogen) atoms. The standard InChI is InChI=1S/C61H113NO5/c1-3-5-7-9-11-13-15-17-18-19-21-25-28-31-35-39-43-47-51-55-61(66)67-56-52-48-44-40-36-32-29-26-23-20-22-24-27-30-34-38-42-46-50-54-60(65)62-58(57-63)59(64)53-49-45-41-37-33-16-14-12-10-8-6-4-2/h17-18,26,29,32,36,49,53,58-59,63-64H,3-16,19-25,27-28,30-31,33-35,37-48,50-52,54-57H2,1-2H3,(H,62,65)/b18-17-,29-26-,36-32-,53-49+. The number of unbranched alkanes of at least 4 members (excludes halogenated alkanes) is 38. The second-order valence-corrected chi connectivity index (χ2v) is 20.0. The third-order valence-electron chi connectivity index (χ3n) is 13.3. The van der Waals surface area contributed by atoms with Crippen LogP contribution in [0.1, 0.15) is 303 Å². The van der Waals surface area contributed by atoms with Gasteiger partial charge in [0, 0.05) is 12.8 Å². The van der Waals surface area contributed by atoms with Crippen molar-refractivity contribution in [3.8, 4) is 0 Å². The van der Waals surface area contributed by atoms with E-state index in [-0.39, 0.29) is 18.5 Å². The highest BCUT2D eigenvalue weighted by atomic mass is 16.5. The molecule has 0 heterocycles. The van der Waals surface area contributed by atoms with Gasteiger partial charge in [-0.3, -0.25) is 9.59 Å². The van der Waals surface area contributed by atoms with Gasteiger partial charge in [-0.2, -0.15) is 0 Å². The normalized spacial score (nSPS) is 13.0. The maximum Gasteiger partial charge on any atom is 0.305 e. The van der Waals surface area contributed by atoms with Crippen molar-refractivity contribution in [1.29, 1.82) is 0 Å². The van der Waals surface area contributed by atoms with Gasteiger partial charge in [0.05, 0.1) is 25.4 Å². The lowest BCUT2D eigenvalue weighted by Crippen LogP contribution is -2.45. The van der Waals surface area contributed by atoms with Crippen LogP contribution in [-0.2, 0) is 14.3 Å². The first kappa shape index (κ1) is 64.8. The van der Waals surface area contributed by atoms with E-state index in [1.807, 2.05) is 6.08 Å². The number of aliphatic hydroxyl groups is 2. The first-order chi connectivity index (χ1) is 33.0. The molecule has 0 aromatic rings. The predicted octanol–water partition coefficient (Wildman–Crippen LogP) is 18.2. The van der Waals surface area contributed by atoms with Gasteiger partial charge in [0.1, 0.15) is 0 Å². The first-order valence-corrected chi connectivity index (χ1v) is 29.4. The molecule has 1 amide bonds. The van der Waals surface area contributed by atoms with Gasteiger partial charge in [-0.05, 0) is 89.9 Å². The summed E-state index contributed by atoms with van der Waals surface area (Å²) >= 11 is 0. The van der Waals surface area contributed by atoms with Gasteiger partial charge < -0.3 is 20.3 Å². The first-order valence-electron chi connectivity index (χ1n) is 29.4. The van der Waals surface area contributed by atoms with Crippen molar-refractivity contribution in [3.05, 3.63) is 48.6 Å². The van der Waals surface area contributed by atoms with Gasteiger partial charge in [0.15, 0.2) is 0 Å². The number of allylic oxidation sites excluding steroid dienone is 7. The summed E-state index contributed by atoms with van der Waals surface area (Å²) in [7, 11) is 0. The zero-order chi connectivity index (χ0) is 48.6. The molecule has 3 N–H and O–H groups in total. The lowest BCUT2D eigenvalue weighted by molar-refractivity contribution is -0.143. The number of amides is 1. The minimum absolute atomic E-state index is 0.0151. The van der Waals surface area contributed by atoms with Crippen LogP contribution < -0.4 is 5.32 Å². The number of rotatable bonds is 54. The van der Waals surface area contributed by atoms with Gasteiger partial charge in [-0.25, -0.2) is 0 Å². The summed E-state index contributed by atoms with van der Waals surface area (Å²) in [6, 6.07) is -0.635. The Labute approximate surface area is 416 Å². The van der Waals surface area contributed by atoms with Crippen LogP contribution in [0.2, 0.25) is 0 Å². The summed E-state index contributed by atoms with van der Waals surface area (Å²) in [6.45, 7) is 4.85. The third kappa shape index (κ3) is 53.0. The molecule has 0 aliphatic carbocycles. The Bertz CT molecular complexity index is 1130. The van der Waals surface area contributed by atoms with Crippen molar-refractivity contribution in [2.75, 3.05) is 13.2 Å². The Hall–Kier alpha value is -2.18. The summed E-state index contributed by atoms with van der Waals surface area (Å²) in [5.74, 6) is -0.0942. The molecular weight excluding hydrogens is 827 g/mol. The molecular formula is C61H113NO5. The highest BCUT2D eigenvalue weighted by molar-refractivity contribution is 5.76. The number of hydrogen-bond acceptors (Lipinski definition) is 5. The van der Waals surface area contributed by atoms with Crippen LogP contribution in [0.3, 0.4) is 0 Å². The minimum atomic E-state index is -0.851. The lowest BCUT2D eigenvalue weighted by atomic mass is 10.0. The summed E-state index contributed by atoms with van der Waals surface area (Å²) in [5.41, 5.74) is 0. The highest BCUT2D eigenvalue weighted by Crippen LogP contribution is 2.16. The smallest absolute Gasteiger partial charge is 0.305 e. The Morgan fingerprint density at radius 3 is 1.15 bits per heavy atom. The second kappa shape index (κ2) is 56.4. The lowest BCUT2D eigenvalue weighted by Gasteiger charge is -2.20. The number of nitrogens with one attached hydrogen (secondary N) is 1. The molecule has 0 rings (SSSR count).